The normalized spacial score (nSPS) is 18.5. The van der Waals surface area contributed by atoms with E-state index in [0.29, 0.717) is 11.4 Å². The lowest BCUT2D eigenvalue weighted by molar-refractivity contribution is -0.142. The summed E-state index contributed by atoms with van der Waals surface area (Å²) in [5, 5.41) is 5.55. The number of esters is 1. The van der Waals surface area contributed by atoms with Gasteiger partial charge in [0.1, 0.15) is 0 Å². The molecule has 0 saturated heterocycles. The Morgan fingerprint density at radius 2 is 2.26 bits per heavy atom. The Labute approximate surface area is 119 Å². The van der Waals surface area contributed by atoms with E-state index in [9.17, 15) is 9.59 Å². The summed E-state index contributed by atoms with van der Waals surface area (Å²) in [4.78, 5) is 23.6. The minimum atomic E-state index is -0.536. The molecule has 6 heteroatoms. The van der Waals surface area contributed by atoms with E-state index >= 15 is 0 Å². The van der Waals surface area contributed by atoms with E-state index < -0.39 is 11.9 Å². The molecule has 1 aliphatic heterocycles. The summed E-state index contributed by atoms with van der Waals surface area (Å²) >= 11 is 3.35. The van der Waals surface area contributed by atoms with Gasteiger partial charge in [0, 0.05) is 10.2 Å². The van der Waals surface area contributed by atoms with Gasteiger partial charge in [-0.15, -0.1) is 0 Å². The van der Waals surface area contributed by atoms with Gasteiger partial charge in [-0.05, 0) is 25.1 Å². The molecule has 0 spiro atoms. The number of anilines is 1. The minimum Gasteiger partial charge on any atom is -0.469 e. The maximum absolute atomic E-state index is 12.3. The van der Waals surface area contributed by atoms with Gasteiger partial charge < -0.3 is 4.74 Å². The lowest BCUT2D eigenvalue weighted by atomic mass is 10.0. The van der Waals surface area contributed by atoms with Crippen LogP contribution in [0.25, 0.3) is 0 Å². The van der Waals surface area contributed by atoms with E-state index in [1.54, 1.807) is 19.1 Å². The molecular weight excluding hydrogens is 312 g/mol. The average molecular weight is 325 g/mol. The van der Waals surface area contributed by atoms with Crippen molar-refractivity contribution in [3.05, 3.63) is 28.7 Å². The van der Waals surface area contributed by atoms with Gasteiger partial charge in [-0.2, -0.15) is 5.10 Å². The number of carbonyl (C=O) groups is 2. The van der Waals surface area contributed by atoms with Crippen LogP contribution in [0.15, 0.2) is 33.8 Å². The molecule has 1 aromatic carbocycles. The number of hydrazone groups is 1. The number of hydrogen-bond donors (Lipinski definition) is 0. The molecule has 1 amide bonds. The first-order valence-electron chi connectivity index (χ1n) is 5.74. The topological polar surface area (TPSA) is 59.0 Å². The highest BCUT2D eigenvalue weighted by molar-refractivity contribution is 9.10. The summed E-state index contributed by atoms with van der Waals surface area (Å²) in [6.07, 6.45) is 0.0230. The first-order chi connectivity index (χ1) is 9.02. The van der Waals surface area contributed by atoms with Crippen molar-refractivity contribution in [1.82, 2.24) is 0 Å². The molecule has 0 saturated carbocycles. The van der Waals surface area contributed by atoms with Crippen LogP contribution in [0.5, 0.6) is 0 Å². The Bertz CT molecular complexity index is 557. The number of ether oxygens (including phenoxy) is 1. The highest BCUT2D eigenvalue weighted by Gasteiger charge is 2.36. The molecule has 2 rings (SSSR count). The molecule has 0 N–H and O–H groups in total. The quantitative estimate of drug-likeness (QED) is 0.802. The van der Waals surface area contributed by atoms with Crippen LogP contribution in [0, 0.1) is 5.92 Å². The predicted octanol–water partition coefficient (Wildman–Crippen LogP) is 2.35. The number of hydrogen-bond acceptors (Lipinski definition) is 4. The van der Waals surface area contributed by atoms with E-state index in [0.717, 1.165) is 4.47 Å². The van der Waals surface area contributed by atoms with Crippen molar-refractivity contribution in [1.29, 1.82) is 0 Å². The number of nitrogens with zero attached hydrogens (tertiary/aromatic N) is 2. The van der Waals surface area contributed by atoms with Crippen molar-refractivity contribution < 1.29 is 14.3 Å². The fraction of sp³-hybridized carbons (Fsp3) is 0.308. The molecule has 0 aromatic heterocycles. The van der Waals surface area contributed by atoms with E-state index in [1.165, 1.54) is 12.1 Å². The third-order valence-electron chi connectivity index (χ3n) is 2.92. The SMILES string of the molecule is COC(=O)CC1C(=O)N(c2cccc(Br)c2)N=C1C. The highest BCUT2D eigenvalue weighted by Crippen LogP contribution is 2.27. The van der Waals surface area contributed by atoms with Crippen LogP contribution in [0.2, 0.25) is 0 Å². The van der Waals surface area contributed by atoms with Crippen LogP contribution in [0.1, 0.15) is 13.3 Å². The second kappa shape index (κ2) is 5.52. The molecule has 5 nitrogen and oxygen atoms in total. The van der Waals surface area contributed by atoms with Crippen LogP contribution in [-0.4, -0.2) is 24.7 Å². The number of rotatable bonds is 3. The van der Waals surface area contributed by atoms with Crippen LogP contribution >= 0.6 is 15.9 Å². The van der Waals surface area contributed by atoms with E-state index in [2.05, 4.69) is 25.8 Å². The Morgan fingerprint density at radius 3 is 2.89 bits per heavy atom. The van der Waals surface area contributed by atoms with Gasteiger partial charge in [-0.1, -0.05) is 22.0 Å². The minimum absolute atomic E-state index is 0.0230. The van der Waals surface area contributed by atoms with Crippen molar-refractivity contribution >= 4 is 39.2 Å². The second-order valence-electron chi connectivity index (χ2n) is 4.20. The number of carbonyl (C=O) groups excluding carboxylic acids is 2. The summed E-state index contributed by atoms with van der Waals surface area (Å²) in [5.74, 6) is -1.16. The van der Waals surface area contributed by atoms with E-state index in [-0.39, 0.29) is 12.3 Å². The molecule has 0 aliphatic carbocycles. The zero-order valence-electron chi connectivity index (χ0n) is 10.6. The maximum Gasteiger partial charge on any atom is 0.306 e. The molecular formula is C13H13BrN2O3. The lowest BCUT2D eigenvalue weighted by Gasteiger charge is -2.14. The molecule has 1 heterocycles. The van der Waals surface area contributed by atoms with Crippen molar-refractivity contribution in [3.8, 4) is 0 Å². The Kier molecular flexibility index (Phi) is 3.99. The molecule has 1 aromatic rings. The predicted molar refractivity (Wildman–Crippen MR) is 74.9 cm³/mol. The molecule has 1 aliphatic rings. The summed E-state index contributed by atoms with van der Waals surface area (Å²) in [6, 6.07) is 7.28. The highest BCUT2D eigenvalue weighted by atomic mass is 79.9. The van der Waals surface area contributed by atoms with Gasteiger partial charge in [-0.3, -0.25) is 9.59 Å². The summed E-state index contributed by atoms with van der Waals surface area (Å²) < 4.78 is 5.46. The zero-order chi connectivity index (χ0) is 14.0. The summed E-state index contributed by atoms with van der Waals surface area (Å²) in [5.41, 5.74) is 1.29. The largest absolute Gasteiger partial charge is 0.469 e. The Balaban J connectivity index is 2.23. The van der Waals surface area contributed by atoms with Crippen LogP contribution in [0.3, 0.4) is 0 Å². The van der Waals surface area contributed by atoms with Gasteiger partial charge in [0.15, 0.2) is 0 Å². The van der Waals surface area contributed by atoms with Crippen molar-refractivity contribution in [2.45, 2.75) is 13.3 Å². The Hall–Kier alpha value is -1.69. The maximum atomic E-state index is 12.3. The fourth-order valence-corrected chi connectivity index (χ4v) is 2.27. The smallest absolute Gasteiger partial charge is 0.306 e. The van der Waals surface area contributed by atoms with Gasteiger partial charge >= 0.3 is 5.97 Å². The first kappa shape index (κ1) is 13.7. The standard InChI is InChI=1S/C13H13BrN2O3/c1-8-11(7-12(17)19-2)13(18)16(15-8)10-5-3-4-9(14)6-10/h3-6,11H,7H2,1-2H3. The second-order valence-corrected chi connectivity index (χ2v) is 5.12. The first-order valence-corrected chi connectivity index (χ1v) is 6.53. The number of halogens is 1. The van der Waals surface area contributed by atoms with E-state index in [1.807, 2.05) is 12.1 Å². The molecule has 0 radical (unpaired) electrons. The lowest BCUT2D eigenvalue weighted by Crippen LogP contribution is -2.29. The number of benzene rings is 1. The van der Waals surface area contributed by atoms with Crippen molar-refractivity contribution in [2.75, 3.05) is 12.1 Å². The molecule has 19 heavy (non-hydrogen) atoms. The van der Waals surface area contributed by atoms with Gasteiger partial charge in [0.05, 0.1) is 25.1 Å². The molecule has 0 bridgehead atoms. The Morgan fingerprint density at radius 1 is 1.53 bits per heavy atom. The number of amides is 1. The summed E-state index contributed by atoms with van der Waals surface area (Å²) in [6.45, 7) is 1.74. The molecule has 1 atom stereocenters. The monoisotopic (exact) mass is 324 g/mol. The van der Waals surface area contributed by atoms with Crippen molar-refractivity contribution in [2.24, 2.45) is 11.0 Å². The van der Waals surface area contributed by atoms with Gasteiger partial charge in [-0.25, -0.2) is 5.01 Å². The molecule has 0 fully saturated rings. The van der Waals surface area contributed by atoms with Gasteiger partial charge in [0.2, 0.25) is 0 Å². The summed E-state index contributed by atoms with van der Waals surface area (Å²) in [7, 11) is 1.31. The average Bonchev–Trinajstić information content (AvgIpc) is 2.66. The van der Waals surface area contributed by atoms with Crippen molar-refractivity contribution in [3.63, 3.8) is 0 Å². The van der Waals surface area contributed by atoms with Crippen LogP contribution < -0.4 is 5.01 Å². The van der Waals surface area contributed by atoms with Gasteiger partial charge in [0.25, 0.3) is 5.91 Å². The van der Waals surface area contributed by atoms with Crippen LogP contribution in [0.4, 0.5) is 5.69 Å². The third kappa shape index (κ3) is 2.84. The van der Waals surface area contributed by atoms with Crippen LogP contribution in [-0.2, 0) is 14.3 Å². The molecule has 100 valence electrons. The zero-order valence-corrected chi connectivity index (χ0v) is 12.2. The molecule has 1 unspecified atom stereocenters. The van der Waals surface area contributed by atoms with E-state index in [4.69, 9.17) is 0 Å². The third-order valence-corrected chi connectivity index (χ3v) is 3.41. The fourth-order valence-electron chi connectivity index (χ4n) is 1.88. The number of methoxy groups -OCH3 is 1.